The van der Waals surface area contributed by atoms with E-state index in [2.05, 4.69) is 74.5 Å². The van der Waals surface area contributed by atoms with Gasteiger partial charge in [-0.3, -0.25) is 0 Å². The molecule has 0 aliphatic heterocycles. The number of phenolic OH excluding ortho intramolecular Hbond substituents is 1. The Morgan fingerprint density at radius 2 is 0.897 bits per heavy atom. The minimum absolute atomic E-state index is 0. The van der Waals surface area contributed by atoms with Crippen LogP contribution in [0.2, 0.25) is 0 Å². The highest BCUT2D eigenvalue weighted by atomic mass is 35.5. The number of halogens is 1. The molecule has 0 bridgehead atoms. The Balaban J connectivity index is 0.000000369. The van der Waals surface area contributed by atoms with Gasteiger partial charge in [0.1, 0.15) is 21.7 Å². The van der Waals surface area contributed by atoms with Gasteiger partial charge in [-0.15, -0.1) is 0 Å². The van der Waals surface area contributed by atoms with E-state index in [0.717, 1.165) is 0 Å². The molecule has 0 radical (unpaired) electrons. The summed E-state index contributed by atoms with van der Waals surface area (Å²) in [6, 6.07) is 36.9. The quantitative estimate of drug-likeness (QED) is 0.504. The minimum Gasteiger partial charge on any atom is -1.00 e. The lowest BCUT2D eigenvalue weighted by Crippen LogP contribution is -3.00. The Morgan fingerprint density at radius 3 is 1.28 bits per heavy atom. The zero-order valence-corrected chi connectivity index (χ0v) is 18.5. The fourth-order valence-corrected chi connectivity index (χ4v) is 6.07. The number of hydrogen-bond acceptors (Lipinski definition) is 1. The molecule has 0 spiro atoms. The summed E-state index contributed by atoms with van der Waals surface area (Å²) in [6.07, 6.45) is 0. The molecule has 0 aromatic heterocycles. The summed E-state index contributed by atoms with van der Waals surface area (Å²) in [5.41, 5.74) is 2.65. The van der Waals surface area contributed by atoms with E-state index in [0.29, 0.717) is 5.75 Å². The van der Waals surface area contributed by atoms with Crippen LogP contribution in [0.25, 0.3) is 0 Å². The van der Waals surface area contributed by atoms with Gasteiger partial charge < -0.3 is 17.5 Å². The number of aryl methyl sites for hydroxylation is 2. The molecule has 0 aliphatic rings. The molecular formula is C26H26ClOP. The SMILES string of the molecule is Cc1ccccc1[PH+](c1ccc(O)cc1)c1ccccc1C.[Cl-].c1ccccc1. The van der Waals surface area contributed by atoms with Crippen LogP contribution in [0, 0.1) is 13.8 Å². The fraction of sp³-hybridized carbons (Fsp3) is 0.0769. The maximum Gasteiger partial charge on any atom is 0.115 e. The van der Waals surface area contributed by atoms with Gasteiger partial charge in [-0.25, -0.2) is 0 Å². The lowest BCUT2D eigenvalue weighted by Gasteiger charge is -2.14. The molecule has 0 fully saturated rings. The van der Waals surface area contributed by atoms with Crippen molar-refractivity contribution in [3.8, 4) is 5.75 Å². The van der Waals surface area contributed by atoms with Crippen molar-refractivity contribution in [2.75, 3.05) is 0 Å². The van der Waals surface area contributed by atoms with Gasteiger partial charge in [-0.1, -0.05) is 72.8 Å². The third-order valence-electron chi connectivity index (χ3n) is 4.65. The van der Waals surface area contributed by atoms with E-state index in [1.54, 1.807) is 12.1 Å². The molecule has 4 aromatic carbocycles. The number of benzene rings is 4. The average Bonchev–Trinajstić information content (AvgIpc) is 2.74. The maximum absolute atomic E-state index is 9.60. The molecule has 29 heavy (non-hydrogen) atoms. The zero-order chi connectivity index (χ0) is 19.8. The predicted octanol–water partition coefficient (Wildman–Crippen LogP) is 2.19. The minimum atomic E-state index is -1.07. The van der Waals surface area contributed by atoms with Crippen LogP contribution in [0.1, 0.15) is 11.1 Å². The highest BCUT2D eigenvalue weighted by Crippen LogP contribution is 2.35. The molecule has 1 nitrogen and oxygen atoms in total. The van der Waals surface area contributed by atoms with E-state index in [1.165, 1.54) is 27.0 Å². The van der Waals surface area contributed by atoms with Crippen molar-refractivity contribution in [3.63, 3.8) is 0 Å². The summed E-state index contributed by atoms with van der Waals surface area (Å²) < 4.78 is 0. The van der Waals surface area contributed by atoms with Crippen molar-refractivity contribution in [2.24, 2.45) is 0 Å². The molecule has 0 aliphatic carbocycles. The van der Waals surface area contributed by atoms with E-state index < -0.39 is 7.92 Å². The van der Waals surface area contributed by atoms with Crippen LogP contribution in [0.15, 0.2) is 109 Å². The number of hydrogen-bond donors (Lipinski definition) is 1. The Bertz CT molecular complexity index is 928. The largest absolute Gasteiger partial charge is 1.00 e. The van der Waals surface area contributed by atoms with Crippen molar-refractivity contribution >= 4 is 23.8 Å². The highest BCUT2D eigenvalue weighted by Gasteiger charge is 2.28. The summed E-state index contributed by atoms with van der Waals surface area (Å²) >= 11 is 0. The number of aromatic hydroxyl groups is 1. The van der Waals surface area contributed by atoms with Gasteiger partial charge in [0.2, 0.25) is 0 Å². The van der Waals surface area contributed by atoms with Gasteiger partial charge in [0, 0.05) is 0 Å². The van der Waals surface area contributed by atoms with E-state index >= 15 is 0 Å². The molecule has 148 valence electrons. The molecular weight excluding hydrogens is 395 g/mol. The van der Waals surface area contributed by atoms with Crippen LogP contribution in [-0.2, 0) is 0 Å². The molecule has 4 rings (SSSR count). The molecule has 0 atom stereocenters. The first kappa shape index (κ1) is 22.7. The topological polar surface area (TPSA) is 20.2 Å². The normalized spacial score (nSPS) is 9.90. The lowest BCUT2D eigenvalue weighted by molar-refractivity contribution is -0.00000660. The number of rotatable bonds is 3. The fourth-order valence-electron chi connectivity index (χ4n) is 3.18. The van der Waals surface area contributed by atoms with E-state index in [4.69, 9.17) is 0 Å². The second-order valence-electron chi connectivity index (χ2n) is 6.71. The molecule has 1 N–H and O–H groups in total. The van der Waals surface area contributed by atoms with Gasteiger partial charge in [0.05, 0.1) is 7.92 Å². The lowest BCUT2D eigenvalue weighted by atomic mass is 10.2. The molecule has 0 saturated heterocycles. The van der Waals surface area contributed by atoms with Crippen molar-refractivity contribution in [1.82, 2.24) is 0 Å². The van der Waals surface area contributed by atoms with Crippen LogP contribution in [0.3, 0.4) is 0 Å². The van der Waals surface area contributed by atoms with Crippen LogP contribution in [0.5, 0.6) is 5.75 Å². The highest BCUT2D eigenvalue weighted by molar-refractivity contribution is 7.80. The van der Waals surface area contributed by atoms with E-state index in [9.17, 15) is 5.11 Å². The van der Waals surface area contributed by atoms with Gasteiger partial charge >= 0.3 is 0 Å². The molecule has 0 amide bonds. The van der Waals surface area contributed by atoms with Crippen molar-refractivity contribution in [1.29, 1.82) is 0 Å². The maximum atomic E-state index is 9.60. The van der Waals surface area contributed by atoms with Gasteiger partial charge in [-0.05, 0) is 61.4 Å². The van der Waals surface area contributed by atoms with Crippen LogP contribution in [-0.4, -0.2) is 5.11 Å². The average molecular weight is 421 g/mol. The third kappa shape index (κ3) is 6.19. The second-order valence-corrected chi connectivity index (χ2v) is 9.11. The van der Waals surface area contributed by atoms with Crippen molar-refractivity contribution in [2.45, 2.75) is 13.8 Å². The van der Waals surface area contributed by atoms with E-state index in [-0.39, 0.29) is 12.4 Å². The Kier molecular flexibility index (Phi) is 8.93. The Labute approximate surface area is 181 Å². The first-order valence-corrected chi connectivity index (χ1v) is 10.9. The van der Waals surface area contributed by atoms with Crippen molar-refractivity contribution in [3.05, 3.63) is 120 Å². The standard InChI is InChI=1S/C20H19OP.C6H6.ClH/c1-15-7-3-5-9-19(15)22(18-13-11-17(21)12-14-18)20-10-6-4-8-16(20)2;1-2-4-6-5-3-1;/h3-14,21H,1-2H3;1-6H;1H. The first-order chi connectivity index (χ1) is 13.7. The zero-order valence-electron chi connectivity index (χ0n) is 16.7. The second kappa shape index (κ2) is 11.4. The molecule has 0 saturated carbocycles. The smallest absolute Gasteiger partial charge is 0.115 e. The Morgan fingerprint density at radius 1 is 0.517 bits per heavy atom. The molecule has 4 aromatic rings. The van der Waals surface area contributed by atoms with Gasteiger partial charge in [0.15, 0.2) is 0 Å². The molecule has 0 unspecified atom stereocenters. The molecule has 3 heteroatoms. The van der Waals surface area contributed by atoms with Crippen LogP contribution in [0.4, 0.5) is 0 Å². The summed E-state index contributed by atoms with van der Waals surface area (Å²) in [5.74, 6) is 0.319. The van der Waals surface area contributed by atoms with Gasteiger partial charge in [0.25, 0.3) is 0 Å². The van der Waals surface area contributed by atoms with Crippen LogP contribution >= 0.6 is 7.92 Å². The monoisotopic (exact) mass is 420 g/mol. The summed E-state index contributed by atoms with van der Waals surface area (Å²) in [5, 5.41) is 13.7. The predicted molar refractivity (Wildman–Crippen MR) is 124 cm³/mol. The summed E-state index contributed by atoms with van der Waals surface area (Å²) in [6.45, 7) is 4.36. The Hall–Kier alpha value is -2.60. The van der Waals surface area contributed by atoms with E-state index in [1.807, 2.05) is 36.4 Å². The molecule has 0 heterocycles. The first-order valence-electron chi connectivity index (χ1n) is 9.45. The summed E-state index contributed by atoms with van der Waals surface area (Å²) in [7, 11) is -1.07. The number of phenols is 1. The third-order valence-corrected chi connectivity index (χ3v) is 7.76. The van der Waals surface area contributed by atoms with Crippen LogP contribution < -0.4 is 28.3 Å². The van der Waals surface area contributed by atoms with Gasteiger partial charge in [-0.2, -0.15) is 0 Å². The van der Waals surface area contributed by atoms with Crippen molar-refractivity contribution < 1.29 is 17.5 Å². The summed E-state index contributed by atoms with van der Waals surface area (Å²) in [4.78, 5) is 0.